The molecule has 4 rings (SSSR count). The molecule has 2 aromatic rings. The van der Waals surface area contributed by atoms with E-state index in [2.05, 4.69) is 27.1 Å². The van der Waals surface area contributed by atoms with Gasteiger partial charge in [0, 0.05) is 31.9 Å². The van der Waals surface area contributed by atoms with Gasteiger partial charge in [0.2, 0.25) is 5.76 Å². The van der Waals surface area contributed by atoms with Crippen LogP contribution in [0.25, 0.3) is 11.1 Å². The van der Waals surface area contributed by atoms with Crippen LogP contribution < -0.4 is 10.2 Å². The molecule has 1 fully saturated rings. The number of ether oxygens (including phenoxy) is 2. The predicted octanol–water partition coefficient (Wildman–Crippen LogP) is 1.88. The van der Waals surface area contributed by atoms with E-state index in [1.165, 1.54) is 18.8 Å². The Bertz CT molecular complexity index is 849. The fourth-order valence-electron chi connectivity index (χ4n) is 2.69. The summed E-state index contributed by atoms with van der Waals surface area (Å²) in [6.45, 7) is 3.72. The maximum Gasteiger partial charge on any atom is 0.298 e. The normalized spacial score (nSPS) is 17.8. The molecule has 130 valence electrons. The van der Waals surface area contributed by atoms with Gasteiger partial charge in [-0.25, -0.2) is 0 Å². The average molecular weight is 342 g/mol. The quantitative estimate of drug-likeness (QED) is 0.912. The lowest BCUT2D eigenvalue weighted by molar-refractivity contribution is -0.115. The largest absolute Gasteiger partial charge is 0.465 e. The van der Waals surface area contributed by atoms with Crippen molar-refractivity contribution in [2.24, 2.45) is 0 Å². The molecule has 8 heteroatoms. The number of benzene rings is 1. The second kappa shape index (κ2) is 6.48. The number of rotatable bonds is 3. The van der Waals surface area contributed by atoms with E-state index in [4.69, 9.17) is 13.9 Å². The number of amides is 1. The Labute approximate surface area is 144 Å². The second-order valence-electron chi connectivity index (χ2n) is 5.93. The Kier molecular flexibility index (Phi) is 4.02. The van der Waals surface area contributed by atoms with Crippen LogP contribution in [0.15, 0.2) is 47.2 Å². The summed E-state index contributed by atoms with van der Waals surface area (Å²) in [5, 5.41) is 2.75. The van der Waals surface area contributed by atoms with Crippen LogP contribution in [-0.4, -0.2) is 49.0 Å². The Hall–Kier alpha value is -3.00. The molecule has 0 saturated carbocycles. The van der Waals surface area contributed by atoms with E-state index in [0.717, 1.165) is 26.2 Å². The van der Waals surface area contributed by atoms with E-state index in [9.17, 15) is 4.79 Å². The van der Waals surface area contributed by atoms with Crippen molar-refractivity contribution in [2.75, 3.05) is 43.4 Å². The molecule has 25 heavy (non-hydrogen) atoms. The van der Waals surface area contributed by atoms with Crippen molar-refractivity contribution in [2.45, 2.75) is 0 Å². The third-order valence-corrected chi connectivity index (χ3v) is 4.14. The van der Waals surface area contributed by atoms with Crippen molar-refractivity contribution in [1.82, 2.24) is 9.88 Å². The van der Waals surface area contributed by atoms with Gasteiger partial charge in [0.15, 0.2) is 5.58 Å². The van der Waals surface area contributed by atoms with E-state index >= 15 is 0 Å². The van der Waals surface area contributed by atoms with E-state index in [1.54, 1.807) is 18.2 Å². The summed E-state index contributed by atoms with van der Waals surface area (Å²) in [7, 11) is 2.10. The number of nitrogens with zero attached hydrogens (tertiary/aromatic N) is 3. The van der Waals surface area contributed by atoms with Crippen LogP contribution in [0, 0.1) is 0 Å². The van der Waals surface area contributed by atoms with Gasteiger partial charge in [-0.15, -0.1) is 0 Å². The van der Waals surface area contributed by atoms with Gasteiger partial charge in [-0.1, -0.05) is 0 Å². The first-order chi connectivity index (χ1) is 12.2. The highest BCUT2D eigenvalue weighted by atomic mass is 16.5. The molecule has 1 aromatic heterocycles. The maximum atomic E-state index is 12.1. The number of hydrogen-bond donors (Lipinski definition) is 1. The molecule has 0 spiro atoms. The highest BCUT2D eigenvalue weighted by Crippen LogP contribution is 2.25. The Balaban J connectivity index is 1.50. The molecule has 3 heterocycles. The van der Waals surface area contributed by atoms with E-state index < -0.39 is 5.91 Å². The number of likely N-dealkylation sites (N-methyl/N-ethyl adjacent to an activating group) is 1. The standard InChI is InChI=1S/C17H18N4O4/c1-20-4-6-21(7-5-20)17-19-13-10-12(2-3-14(13)25-17)18-16(22)15-11-23-8-9-24-15/h2-3,8-11H,4-7H2,1H3,(H,18,22). The van der Waals surface area contributed by atoms with Gasteiger partial charge < -0.3 is 29.0 Å². The first-order valence-electron chi connectivity index (χ1n) is 8.02. The number of anilines is 2. The monoisotopic (exact) mass is 342 g/mol. The smallest absolute Gasteiger partial charge is 0.298 e. The lowest BCUT2D eigenvalue weighted by Gasteiger charge is -2.31. The minimum absolute atomic E-state index is 0.0841. The molecule has 2 aliphatic heterocycles. The van der Waals surface area contributed by atoms with E-state index in [-0.39, 0.29) is 5.76 Å². The molecule has 0 atom stereocenters. The Morgan fingerprint density at radius 2 is 2.04 bits per heavy atom. The second-order valence-corrected chi connectivity index (χ2v) is 5.93. The molecule has 8 nitrogen and oxygen atoms in total. The van der Waals surface area contributed by atoms with Crippen LogP contribution in [0.5, 0.6) is 0 Å². The van der Waals surface area contributed by atoms with Crippen LogP contribution in [0.4, 0.5) is 11.7 Å². The molecule has 0 unspecified atom stereocenters. The Morgan fingerprint density at radius 3 is 2.80 bits per heavy atom. The zero-order chi connectivity index (χ0) is 17.2. The number of fused-ring (bicyclic) bond motifs is 1. The zero-order valence-electron chi connectivity index (χ0n) is 13.8. The van der Waals surface area contributed by atoms with Gasteiger partial charge in [-0.3, -0.25) is 4.79 Å². The lowest BCUT2D eigenvalue weighted by Crippen LogP contribution is -2.44. The van der Waals surface area contributed by atoms with Crippen molar-refractivity contribution in [1.29, 1.82) is 0 Å². The van der Waals surface area contributed by atoms with Crippen molar-refractivity contribution < 1.29 is 18.7 Å². The van der Waals surface area contributed by atoms with Crippen molar-refractivity contribution in [3.8, 4) is 0 Å². The summed E-state index contributed by atoms with van der Waals surface area (Å²) >= 11 is 0. The summed E-state index contributed by atoms with van der Waals surface area (Å²) in [6.07, 6.45) is 3.89. The minimum Gasteiger partial charge on any atom is -0.465 e. The number of carbonyl (C=O) groups is 1. The van der Waals surface area contributed by atoms with Crippen LogP contribution in [0.2, 0.25) is 0 Å². The van der Waals surface area contributed by atoms with E-state index in [0.29, 0.717) is 22.8 Å². The van der Waals surface area contributed by atoms with Crippen molar-refractivity contribution in [3.05, 3.63) is 42.7 Å². The third-order valence-electron chi connectivity index (χ3n) is 4.14. The fraction of sp³-hybridized carbons (Fsp3) is 0.294. The number of aromatic nitrogens is 1. The van der Waals surface area contributed by atoms with Crippen LogP contribution in [0.1, 0.15) is 0 Å². The predicted molar refractivity (Wildman–Crippen MR) is 91.7 cm³/mol. The van der Waals surface area contributed by atoms with Gasteiger partial charge in [0.25, 0.3) is 11.9 Å². The van der Waals surface area contributed by atoms with Crippen LogP contribution in [-0.2, 0) is 14.3 Å². The topological polar surface area (TPSA) is 80.1 Å². The minimum atomic E-state index is -0.397. The molecule has 0 radical (unpaired) electrons. The molecule has 0 aliphatic carbocycles. The van der Waals surface area contributed by atoms with Crippen LogP contribution >= 0.6 is 0 Å². The van der Waals surface area contributed by atoms with Gasteiger partial charge in [-0.2, -0.15) is 4.98 Å². The van der Waals surface area contributed by atoms with Gasteiger partial charge in [0.1, 0.15) is 24.3 Å². The van der Waals surface area contributed by atoms with Gasteiger partial charge >= 0.3 is 0 Å². The molecule has 0 bridgehead atoms. The van der Waals surface area contributed by atoms with E-state index in [1.807, 2.05) is 0 Å². The molecule has 1 amide bonds. The number of hydrogen-bond acceptors (Lipinski definition) is 7. The molecule has 2 aliphatic rings. The maximum absolute atomic E-state index is 12.1. The lowest BCUT2D eigenvalue weighted by atomic mass is 10.3. The molecular formula is C17H18N4O4. The Morgan fingerprint density at radius 1 is 1.20 bits per heavy atom. The highest BCUT2D eigenvalue weighted by molar-refractivity contribution is 6.03. The summed E-state index contributed by atoms with van der Waals surface area (Å²) in [5.74, 6) is -0.313. The average Bonchev–Trinajstić information content (AvgIpc) is 3.06. The van der Waals surface area contributed by atoms with Gasteiger partial charge in [-0.05, 0) is 25.2 Å². The number of nitrogens with one attached hydrogen (secondary N) is 1. The molecule has 1 aromatic carbocycles. The highest BCUT2D eigenvalue weighted by Gasteiger charge is 2.19. The first kappa shape index (κ1) is 15.5. The summed E-state index contributed by atoms with van der Waals surface area (Å²) in [6, 6.07) is 5.95. The van der Waals surface area contributed by atoms with Crippen molar-refractivity contribution >= 4 is 28.7 Å². The molecule has 1 N–H and O–H groups in total. The number of piperazine rings is 1. The number of carbonyl (C=O) groups excluding carboxylic acids is 1. The third kappa shape index (κ3) is 3.29. The van der Waals surface area contributed by atoms with Crippen molar-refractivity contribution in [3.63, 3.8) is 0 Å². The first-order valence-corrected chi connectivity index (χ1v) is 8.02. The summed E-state index contributed by atoms with van der Waals surface area (Å²) in [5.41, 5.74) is 1.99. The number of oxazole rings is 1. The SMILES string of the molecule is CN1CCN(c2nc3cc(NC(=O)C4=COC=CO4)ccc3o2)CC1. The molecule has 1 saturated heterocycles. The summed E-state index contributed by atoms with van der Waals surface area (Å²) < 4.78 is 15.9. The van der Waals surface area contributed by atoms with Gasteiger partial charge in [0.05, 0.1) is 0 Å². The van der Waals surface area contributed by atoms with Crippen LogP contribution in [0.3, 0.4) is 0 Å². The molecular weight excluding hydrogens is 324 g/mol. The summed E-state index contributed by atoms with van der Waals surface area (Å²) in [4.78, 5) is 21.1. The fourth-order valence-corrected chi connectivity index (χ4v) is 2.69. The zero-order valence-corrected chi connectivity index (χ0v) is 13.8.